The molecule has 10 heteroatoms. The molecule has 1 heterocycles. The molecule has 0 aliphatic rings. The van der Waals surface area contributed by atoms with Gasteiger partial charge in [-0.05, 0) is 34.1 Å². The zero-order chi connectivity index (χ0) is 14.9. The van der Waals surface area contributed by atoms with Crippen molar-refractivity contribution in [3.8, 4) is 0 Å². The molecular formula is C10H6BrClN2O4S2. The molecule has 0 radical (unpaired) electrons. The van der Waals surface area contributed by atoms with Crippen LogP contribution in [-0.2, 0) is 10.0 Å². The second-order valence-electron chi connectivity index (χ2n) is 3.52. The van der Waals surface area contributed by atoms with Crippen molar-refractivity contribution >= 4 is 60.5 Å². The predicted molar refractivity (Wildman–Crippen MR) is 79.0 cm³/mol. The van der Waals surface area contributed by atoms with Crippen LogP contribution in [-0.4, -0.2) is 24.5 Å². The number of aromatic nitrogens is 1. The van der Waals surface area contributed by atoms with Crippen LogP contribution in [0.2, 0.25) is 5.02 Å². The average molecular weight is 398 g/mol. The van der Waals surface area contributed by atoms with Gasteiger partial charge in [-0.15, -0.1) is 11.3 Å². The number of carboxylic acids is 1. The molecule has 0 saturated heterocycles. The Kier molecular flexibility index (Phi) is 4.33. The van der Waals surface area contributed by atoms with E-state index in [1.54, 1.807) is 12.1 Å². The number of benzene rings is 1. The highest BCUT2D eigenvalue weighted by atomic mass is 79.9. The molecule has 0 aliphatic heterocycles. The van der Waals surface area contributed by atoms with Crippen LogP contribution in [0.5, 0.6) is 0 Å². The zero-order valence-electron chi connectivity index (χ0n) is 9.50. The number of sulfonamides is 1. The van der Waals surface area contributed by atoms with E-state index in [1.807, 2.05) is 0 Å². The van der Waals surface area contributed by atoms with Crippen molar-refractivity contribution < 1.29 is 18.3 Å². The SMILES string of the molecule is O=C(O)c1ncsc1S(=O)(=O)Nc1cc(Cl)ccc1Br. The lowest BCUT2D eigenvalue weighted by Gasteiger charge is -2.09. The minimum absolute atomic E-state index is 0.210. The topological polar surface area (TPSA) is 96.4 Å². The standard InChI is InChI=1S/C10H6BrClN2O4S2/c11-6-2-1-5(12)3-7(6)14-20(17,18)10-8(9(15)16)13-4-19-10/h1-4,14H,(H,15,16). The molecular weight excluding hydrogens is 392 g/mol. The third-order valence-electron chi connectivity index (χ3n) is 2.15. The molecule has 0 unspecified atom stereocenters. The Morgan fingerprint density at radius 3 is 2.80 bits per heavy atom. The van der Waals surface area contributed by atoms with Gasteiger partial charge in [-0.2, -0.15) is 0 Å². The van der Waals surface area contributed by atoms with Gasteiger partial charge in [0.1, 0.15) is 0 Å². The molecule has 1 aromatic carbocycles. The average Bonchev–Trinajstić information content (AvgIpc) is 2.83. The van der Waals surface area contributed by atoms with E-state index in [-0.39, 0.29) is 9.90 Å². The summed E-state index contributed by atoms with van der Waals surface area (Å²) in [6, 6.07) is 4.56. The summed E-state index contributed by atoms with van der Waals surface area (Å²) in [5.41, 5.74) is 0.855. The van der Waals surface area contributed by atoms with Gasteiger partial charge in [0.15, 0.2) is 9.90 Å². The zero-order valence-corrected chi connectivity index (χ0v) is 13.5. The molecule has 0 spiro atoms. The van der Waals surface area contributed by atoms with Crippen LogP contribution in [0, 0.1) is 0 Å². The smallest absolute Gasteiger partial charge is 0.356 e. The Labute approximate surface area is 131 Å². The van der Waals surface area contributed by atoms with Crippen LogP contribution in [0.25, 0.3) is 0 Å². The van der Waals surface area contributed by atoms with E-state index < -0.39 is 21.7 Å². The fraction of sp³-hybridized carbons (Fsp3) is 0. The molecule has 20 heavy (non-hydrogen) atoms. The Morgan fingerprint density at radius 1 is 1.45 bits per heavy atom. The normalized spacial score (nSPS) is 11.3. The Morgan fingerprint density at radius 2 is 2.15 bits per heavy atom. The van der Waals surface area contributed by atoms with E-state index >= 15 is 0 Å². The first-order valence-electron chi connectivity index (χ1n) is 4.96. The maximum Gasteiger partial charge on any atom is 0.356 e. The minimum atomic E-state index is -4.05. The quantitative estimate of drug-likeness (QED) is 0.826. The first-order chi connectivity index (χ1) is 9.31. The van der Waals surface area contributed by atoms with E-state index in [2.05, 4.69) is 25.6 Å². The van der Waals surface area contributed by atoms with Crippen molar-refractivity contribution in [2.45, 2.75) is 4.21 Å². The number of halogens is 2. The summed E-state index contributed by atoms with van der Waals surface area (Å²) < 4.78 is 26.8. The van der Waals surface area contributed by atoms with Crippen LogP contribution in [0.4, 0.5) is 5.69 Å². The molecule has 2 N–H and O–H groups in total. The van der Waals surface area contributed by atoms with Gasteiger partial charge in [0.25, 0.3) is 10.0 Å². The molecule has 0 bridgehead atoms. The van der Waals surface area contributed by atoms with Gasteiger partial charge in [-0.1, -0.05) is 11.6 Å². The number of nitrogens with zero attached hydrogens (tertiary/aromatic N) is 1. The third-order valence-corrected chi connectivity index (χ3v) is 5.82. The molecule has 0 amide bonds. The van der Waals surface area contributed by atoms with Crippen molar-refractivity contribution in [3.05, 3.63) is 38.9 Å². The summed E-state index contributed by atoms with van der Waals surface area (Å²) in [7, 11) is -4.05. The number of carboxylic acid groups (broad SMARTS) is 1. The second kappa shape index (κ2) is 5.68. The number of thiazole rings is 1. The Balaban J connectivity index is 2.44. The fourth-order valence-electron chi connectivity index (χ4n) is 1.34. The van der Waals surface area contributed by atoms with Crippen LogP contribution in [0.1, 0.15) is 10.5 Å². The molecule has 6 nitrogen and oxygen atoms in total. The largest absolute Gasteiger partial charge is 0.476 e. The highest BCUT2D eigenvalue weighted by Gasteiger charge is 2.26. The Hall–Kier alpha value is -1.16. The number of anilines is 1. The van der Waals surface area contributed by atoms with Gasteiger partial charge in [0.05, 0.1) is 11.2 Å². The van der Waals surface area contributed by atoms with Gasteiger partial charge in [0.2, 0.25) is 0 Å². The number of hydrogen-bond acceptors (Lipinski definition) is 5. The van der Waals surface area contributed by atoms with Gasteiger partial charge in [-0.3, -0.25) is 4.72 Å². The fourth-order valence-corrected chi connectivity index (χ4v) is 4.20. The summed E-state index contributed by atoms with van der Waals surface area (Å²) >= 11 is 9.70. The summed E-state index contributed by atoms with van der Waals surface area (Å²) in [4.78, 5) is 14.5. The van der Waals surface area contributed by atoms with Crippen LogP contribution >= 0.6 is 38.9 Å². The van der Waals surface area contributed by atoms with E-state index in [9.17, 15) is 13.2 Å². The highest BCUT2D eigenvalue weighted by molar-refractivity contribution is 9.10. The van der Waals surface area contributed by atoms with Crippen molar-refractivity contribution in [3.63, 3.8) is 0 Å². The summed E-state index contributed by atoms with van der Waals surface area (Å²) in [5, 5.41) is 9.25. The molecule has 2 rings (SSSR count). The molecule has 106 valence electrons. The molecule has 0 saturated carbocycles. The van der Waals surface area contributed by atoms with Crippen LogP contribution < -0.4 is 4.72 Å². The predicted octanol–water partition coefficient (Wildman–Crippen LogP) is 3.06. The molecule has 2 aromatic rings. The summed E-state index contributed by atoms with van der Waals surface area (Å²) in [5.74, 6) is -1.41. The summed E-state index contributed by atoms with van der Waals surface area (Å²) in [6.07, 6.45) is 0. The van der Waals surface area contributed by atoms with E-state index in [1.165, 1.54) is 6.07 Å². The molecule has 0 atom stereocenters. The van der Waals surface area contributed by atoms with Gasteiger partial charge in [0, 0.05) is 9.50 Å². The number of rotatable bonds is 4. The number of hydrogen-bond donors (Lipinski definition) is 2. The molecule has 0 fully saturated rings. The maximum atomic E-state index is 12.2. The maximum absolute atomic E-state index is 12.2. The van der Waals surface area contributed by atoms with Crippen molar-refractivity contribution in [2.24, 2.45) is 0 Å². The van der Waals surface area contributed by atoms with Crippen molar-refractivity contribution in [1.29, 1.82) is 0 Å². The van der Waals surface area contributed by atoms with Gasteiger partial charge in [-0.25, -0.2) is 18.2 Å². The van der Waals surface area contributed by atoms with Crippen molar-refractivity contribution in [1.82, 2.24) is 4.98 Å². The lowest BCUT2D eigenvalue weighted by molar-refractivity contribution is 0.0687. The second-order valence-corrected chi connectivity index (χ2v) is 7.55. The monoisotopic (exact) mass is 396 g/mol. The van der Waals surface area contributed by atoms with E-state index in [0.29, 0.717) is 9.50 Å². The van der Waals surface area contributed by atoms with Crippen LogP contribution in [0.15, 0.2) is 32.4 Å². The lowest BCUT2D eigenvalue weighted by atomic mass is 10.3. The Bertz CT molecular complexity index is 775. The minimum Gasteiger partial charge on any atom is -0.476 e. The molecule has 0 aliphatic carbocycles. The highest BCUT2D eigenvalue weighted by Crippen LogP contribution is 2.29. The lowest BCUT2D eigenvalue weighted by Crippen LogP contribution is -2.15. The number of aromatic carboxylic acids is 1. The first kappa shape index (κ1) is 15.2. The van der Waals surface area contributed by atoms with Gasteiger partial charge >= 0.3 is 5.97 Å². The third kappa shape index (κ3) is 3.11. The molecule has 1 aromatic heterocycles. The summed E-state index contributed by atoms with van der Waals surface area (Å²) in [6.45, 7) is 0. The van der Waals surface area contributed by atoms with E-state index in [4.69, 9.17) is 16.7 Å². The van der Waals surface area contributed by atoms with Crippen molar-refractivity contribution in [2.75, 3.05) is 4.72 Å². The van der Waals surface area contributed by atoms with Crippen LogP contribution in [0.3, 0.4) is 0 Å². The first-order valence-corrected chi connectivity index (χ1v) is 8.49. The number of nitrogens with one attached hydrogen (secondary N) is 1. The number of carbonyl (C=O) groups is 1. The van der Waals surface area contributed by atoms with E-state index in [0.717, 1.165) is 16.8 Å². The van der Waals surface area contributed by atoms with Gasteiger partial charge < -0.3 is 5.11 Å².